The number of carboxylic acid groups (broad SMARTS) is 1. The maximum Gasteiger partial charge on any atom is 0.356 e. The second kappa shape index (κ2) is 7.31. The molecular weight excluding hydrogens is 377 g/mol. The Morgan fingerprint density at radius 1 is 1.21 bits per heavy atom. The van der Waals surface area contributed by atoms with Gasteiger partial charge in [-0.05, 0) is 17.7 Å². The van der Waals surface area contributed by atoms with E-state index in [0.29, 0.717) is 25.5 Å². The summed E-state index contributed by atoms with van der Waals surface area (Å²) in [5.41, 5.74) is 0.658. The number of carbonyl (C=O) groups is 2. The number of halogens is 1. The zero-order chi connectivity index (χ0) is 20.7. The average molecular weight is 399 g/mol. The van der Waals surface area contributed by atoms with E-state index in [4.69, 9.17) is 0 Å². The van der Waals surface area contributed by atoms with Gasteiger partial charge >= 0.3 is 12.0 Å². The summed E-state index contributed by atoms with van der Waals surface area (Å²) in [5.74, 6) is -0.710. The molecule has 2 amide bonds. The summed E-state index contributed by atoms with van der Waals surface area (Å²) in [6.45, 7) is 1.76. The molecule has 1 aromatic heterocycles. The summed E-state index contributed by atoms with van der Waals surface area (Å²) in [7, 11) is 3.41. The van der Waals surface area contributed by atoms with Gasteiger partial charge in [-0.2, -0.15) is 0 Å². The van der Waals surface area contributed by atoms with Gasteiger partial charge in [0.1, 0.15) is 11.6 Å². The number of urea groups is 1. The topological polar surface area (TPSA) is 89.9 Å². The molecule has 152 valence electrons. The molecule has 2 aromatic rings. The number of aromatic nitrogens is 2. The third kappa shape index (κ3) is 3.48. The highest BCUT2D eigenvalue weighted by Gasteiger charge is 2.49. The van der Waals surface area contributed by atoms with Crippen molar-refractivity contribution < 1.29 is 19.1 Å². The van der Waals surface area contributed by atoms with Gasteiger partial charge in [0.05, 0.1) is 18.4 Å². The Labute approximate surface area is 167 Å². The highest BCUT2D eigenvalue weighted by Crippen LogP contribution is 2.46. The molecule has 3 atom stereocenters. The minimum Gasteiger partial charge on any atom is -0.476 e. The summed E-state index contributed by atoms with van der Waals surface area (Å²) in [4.78, 5) is 37.5. The van der Waals surface area contributed by atoms with Gasteiger partial charge in [-0.1, -0.05) is 12.1 Å². The van der Waals surface area contributed by atoms with E-state index in [1.807, 2.05) is 11.0 Å². The third-order valence-electron chi connectivity index (χ3n) is 5.65. The highest BCUT2D eigenvalue weighted by atomic mass is 19.1. The first-order chi connectivity index (χ1) is 13.8. The molecule has 0 spiro atoms. The van der Waals surface area contributed by atoms with Crippen molar-refractivity contribution in [1.29, 1.82) is 0 Å². The predicted octanol–water partition coefficient (Wildman–Crippen LogP) is 2.10. The smallest absolute Gasteiger partial charge is 0.356 e. The number of benzene rings is 1. The number of carbonyl (C=O) groups excluding carboxylic acids is 1. The van der Waals surface area contributed by atoms with E-state index >= 15 is 0 Å². The number of aromatic carboxylic acids is 1. The van der Waals surface area contributed by atoms with E-state index in [2.05, 4.69) is 9.97 Å². The molecule has 2 aliphatic rings. The summed E-state index contributed by atoms with van der Waals surface area (Å²) in [5, 5.41) is 9.17. The molecule has 0 bridgehead atoms. The second-order valence-electron chi connectivity index (χ2n) is 7.73. The number of fused-ring (bicyclic) bond motifs is 1. The Hall–Kier alpha value is -3.23. The lowest BCUT2D eigenvalue weighted by molar-refractivity contribution is 0.0690. The highest BCUT2D eigenvalue weighted by molar-refractivity contribution is 5.85. The molecule has 4 rings (SSSR count). The average Bonchev–Trinajstić information content (AvgIpc) is 3.25. The van der Waals surface area contributed by atoms with Crippen molar-refractivity contribution >= 4 is 17.8 Å². The number of hydrogen-bond acceptors (Lipinski definition) is 5. The molecule has 0 aliphatic carbocycles. The second-order valence-corrected chi connectivity index (χ2v) is 7.73. The fourth-order valence-electron chi connectivity index (χ4n) is 4.41. The van der Waals surface area contributed by atoms with Gasteiger partial charge in [-0.3, -0.25) is 4.98 Å². The predicted molar refractivity (Wildman–Crippen MR) is 103 cm³/mol. The quantitative estimate of drug-likeness (QED) is 0.850. The van der Waals surface area contributed by atoms with E-state index in [-0.39, 0.29) is 35.4 Å². The Morgan fingerprint density at radius 3 is 2.69 bits per heavy atom. The van der Waals surface area contributed by atoms with Crippen LogP contribution in [0.3, 0.4) is 0 Å². The van der Waals surface area contributed by atoms with Crippen molar-refractivity contribution in [2.24, 2.45) is 11.8 Å². The number of nitrogens with zero attached hydrogens (tertiary/aromatic N) is 5. The van der Waals surface area contributed by atoms with Gasteiger partial charge in [-0.15, -0.1) is 0 Å². The summed E-state index contributed by atoms with van der Waals surface area (Å²) < 4.78 is 13.9. The first-order valence-electron chi connectivity index (χ1n) is 9.39. The van der Waals surface area contributed by atoms with E-state index in [9.17, 15) is 19.1 Å². The first kappa shape index (κ1) is 19.1. The van der Waals surface area contributed by atoms with Crippen LogP contribution in [0, 0.1) is 17.7 Å². The maximum atomic E-state index is 13.9. The van der Waals surface area contributed by atoms with Crippen molar-refractivity contribution in [3.63, 3.8) is 0 Å². The van der Waals surface area contributed by atoms with Gasteiger partial charge in [0.25, 0.3) is 0 Å². The molecule has 9 heteroatoms. The lowest BCUT2D eigenvalue weighted by Crippen LogP contribution is -2.41. The molecule has 2 fully saturated rings. The lowest BCUT2D eigenvalue weighted by atomic mass is 9.89. The molecule has 0 unspecified atom stereocenters. The van der Waals surface area contributed by atoms with Gasteiger partial charge in [0.15, 0.2) is 5.69 Å². The summed E-state index contributed by atoms with van der Waals surface area (Å²) in [6, 6.07) is 6.02. The normalized spacial score (nSPS) is 23.2. The van der Waals surface area contributed by atoms with Crippen molar-refractivity contribution in [2.45, 2.75) is 6.04 Å². The van der Waals surface area contributed by atoms with Gasteiger partial charge in [-0.25, -0.2) is 19.0 Å². The van der Waals surface area contributed by atoms with Crippen LogP contribution in [0.5, 0.6) is 0 Å². The minimum absolute atomic E-state index is 0.0796. The van der Waals surface area contributed by atoms with Crippen LogP contribution in [0.4, 0.5) is 15.0 Å². The Bertz CT molecular complexity index is 953. The molecule has 0 radical (unpaired) electrons. The monoisotopic (exact) mass is 399 g/mol. The van der Waals surface area contributed by atoms with E-state index < -0.39 is 5.97 Å². The summed E-state index contributed by atoms with van der Waals surface area (Å²) in [6.07, 6.45) is 2.77. The molecule has 8 nitrogen and oxygen atoms in total. The molecule has 2 saturated heterocycles. The van der Waals surface area contributed by atoms with Crippen LogP contribution >= 0.6 is 0 Å². The van der Waals surface area contributed by atoms with Crippen LogP contribution in [0.2, 0.25) is 0 Å². The van der Waals surface area contributed by atoms with Crippen LogP contribution in [0.15, 0.2) is 36.7 Å². The van der Waals surface area contributed by atoms with Crippen LogP contribution < -0.4 is 4.90 Å². The molecule has 2 aliphatic heterocycles. The van der Waals surface area contributed by atoms with Crippen molar-refractivity contribution in [3.05, 3.63) is 53.7 Å². The fraction of sp³-hybridized carbons (Fsp3) is 0.400. The number of hydrogen-bond donors (Lipinski definition) is 1. The van der Waals surface area contributed by atoms with Crippen molar-refractivity contribution in [3.8, 4) is 0 Å². The largest absolute Gasteiger partial charge is 0.476 e. The van der Waals surface area contributed by atoms with Crippen LogP contribution in [0.25, 0.3) is 0 Å². The van der Waals surface area contributed by atoms with Gasteiger partial charge in [0, 0.05) is 45.6 Å². The van der Waals surface area contributed by atoms with Crippen molar-refractivity contribution in [2.75, 3.05) is 38.6 Å². The zero-order valence-corrected chi connectivity index (χ0v) is 16.2. The Morgan fingerprint density at radius 2 is 2.00 bits per heavy atom. The number of amides is 2. The number of likely N-dealkylation sites (tertiary alicyclic amines) is 1. The molecule has 1 aromatic carbocycles. The Balaban J connectivity index is 1.64. The zero-order valence-electron chi connectivity index (χ0n) is 16.2. The van der Waals surface area contributed by atoms with E-state index in [0.717, 1.165) is 5.56 Å². The standard InChI is InChI=1S/C20H22FN5O3/c1-24(2)20(29)26-10-13-9-25(17-8-22-7-16(23-17)19(27)28)11-15(13)18(26)12-4-3-5-14(21)6-12/h3-8,13,15,18H,9-11H2,1-2H3,(H,27,28)/t13-,15-,18+/m1/s1. The van der Waals surface area contributed by atoms with Crippen LogP contribution in [-0.2, 0) is 0 Å². The number of anilines is 1. The van der Waals surface area contributed by atoms with Gasteiger partial charge in [0.2, 0.25) is 0 Å². The van der Waals surface area contributed by atoms with E-state index in [1.165, 1.54) is 23.2 Å². The minimum atomic E-state index is -1.13. The number of carboxylic acids is 1. The van der Waals surface area contributed by atoms with E-state index in [1.54, 1.807) is 31.3 Å². The number of rotatable bonds is 3. The SMILES string of the molecule is CN(C)C(=O)N1C[C@H]2CN(c3cncc(C(=O)O)n3)C[C@H]2[C@@H]1c1cccc(F)c1. The third-order valence-corrected chi connectivity index (χ3v) is 5.65. The molecule has 3 heterocycles. The molecule has 1 N–H and O–H groups in total. The van der Waals surface area contributed by atoms with Crippen molar-refractivity contribution in [1.82, 2.24) is 19.8 Å². The first-order valence-corrected chi connectivity index (χ1v) is 9.39. The molecule has 0 saturated carbocycles. The maximum absolute atomic E-state index is 13.9. The van der Waals surface area contributed by atoms with Crippen LogP contribution in [0.1, 0.15) is 22.1 Å². The van der Waals surface area contributed by atoms with Gasteiger partial charge < -0.3 is 19.8 Å². The Kier molecular flexibility index (Phi) is 4.81. The summed E-state index contributed by atoms with van der Waals surface area (Å²) >= 11 is 0. The molecular formula is C20H22FN5O3. The van der Waals surface area contributed by atoms with Crippen LogP contribution in [-0.4, -0.2) is 70.6 Å². The fourth-order valence-corrected chi connectivity index (χ4v) is 4.41. The lowest BCUT2D eigenvalue weighted by Gasteiger charge is -2.32. The molecule has 29 heavy (non-hydrogen) atoms.